The predicted octanol–water partition coefficient (Wildman–Crippen LogP) is -0.249. The number of aryl methyl sites for hydroxylation is 1. The van der Waals surface area contributed by atoms with Crippen LogP contribution < -0.4 is 5.73 Å². The highest BCUT2D eigenvalue weighted by molar-refractivity contribution is 4.87. The molecule has 1 aromatic rings. The van der Waals surface area contributed by atoms with Gasteiger partial charge in [-0.05, 0) is 20.0 Å². The maximum Gasteiger partial charge on any atom is 0.227 e. The van der Waals surface area contributed by atoms with E-state index >= 15 is 0 Å². The van der Waals surface area contributed by atoms with Gasteiger partial charge in [0.05, 0.1) is 0 Å². The molecule has 0 unspecified atom stereocenters. The second-order valence-electron chi connectivity index (χ2n) is 4.89. The first-order valence-electron chi connectivity index (χ1n) is 6.70. The minimum Gasteiger partial charge on any atom is -0.339 e. The first-order chi connectivity index (χ1) is 8.78. The zero-order chi connectivity index (χ0) is 12.8. The monoisotopic (exact) mass is 253 g/mol. The lowest BCUT2D eigenvalue weighted by molar-refractivity contribution is 0.152. The third-order valence-corrected chi connectivity index (χ3v) is 3.35. The molecule has 2 N–H and O–H groups in total. The van der Waals surface area contributed by atoms with Crippen LogP contribution in [0.1, 0.15) is 18.1 Å². The molecule has 1 aliphatic rings. The quantitative estimate of drug-likeness (QED) is 0.754. The maximum absolute atomic E-state index is 5.45. The largest absolute Gasteiger partial charge is 0.339 e. The zero-order valence-electron chi connectivity index (χ0n) is 11.1. The molecular weight excluding hydrogens is 230 g/mol. The van der Waals surface area contributed by atoms with Gasteiger partial charge in [0.2, 0.25) is 5.89 Å². The molecule has 0 spiro atoms. The van der Waals surface area contributed by atoms with Crippen LogP contribution in [0.25, 0.3) is 0 Å². The van der Waals surface area contributed by atoms with Crippen LogP contribution in [0.3, 0.4) is 0 Å². The van der Waals surface area contributed by atoms with E-state index in [2.05, 4.69) is 27.0 Å². The summed E-state index contributed by atoms with van der Waals surface area (Å²) < 4.78 is 5.23. The second-order valence-corrected chi connectivity index (χ2v) is 4.89. The Morgan fingerprint density at radius 1 is 1.22 bits per heavy atom. The van der Waals surface area contributed by atoms with Crippen LogP contribution in [0.4, 0.5) is 0 Å². The normalized spacial score (nSPS) is 18.3. The summed E-state index contributed by atoms with van der Waals surface area (Å²) in [5.74, 6) is 1.54. The van der Waals surface area contributed by atoms with Gasteiger partial charge in [0.15, 0.2) is 5.82 Å². The average Bonchev–Trinajstić information content (AvgIpc) is 2.84. The summed E-state index contributed by atoms with van der Waals surface area (Å²) in [4.78, 5) is 9.18. The number of hydrogen-bond acceptors (Lipinski definition) is 6. The summed E-state index contributed by atoms with van der Waals surface area (Å²) in [5.41, 5.74) is 5.45. The Hall–Kier alpha value is -0.980. The predicted molar refractivity (Wildman–Crippen MR) is 69.3 cm³/mol. The lowest BCUT2D eigenvalue weighted by Gasteiger charge is -2.31. The summed E-state index contributed by atoms with van der Waals surface area (Å²) in [6.45, 7) is 6.23. The highest BCUT2D eigenvalue weighted by Crippen LogP contribution is 2.04. The Morgan fingerprint density at radius 2 is 2.00 bits per heavy atom. The van der Waals surface area contributed by atoms with E-state index in [1.54, 1.807) is 0 Å². The summed E-state index contributed by atoms with van der Waals surface area (Å²) in [6, 6.07) is 0. The molecule has 0 aliphatic carbocycles. The van der Waals surface area contributed by atoms with Gasteiger partial charge in [-0.3, -0.25) is 0 Å². The van der Waals surface area contributed by atoms with Crippen molar-refractivity contribution < 1.29 is 4.52 Å². The first-order valence-corrected chi connectivity index (χ1v) is 6.70. The van der Waals surface area contributed by atoms with Gasteiger partial charge in [-0.25, -0.2) is 0 Å². The van der Waals surface area contributed by atoms with Crippen molar-refractivity contribution in [3.8, 4) is 0 Å². The van der Waals surface area contributed by atoms with Gasteiger partial charge in [0.25, 0.3) is 0 Å². The van der Waals surface area contributed by atoms with Gasteiger partial charge < -0.3 is 20.1 Å². The van der Waals surface area contributed by atoms with Gasteiger partial charge in [-0.1, -0.05) is 5.16 Å². The average molecular weight is 253 g/mol. The fourth-order valence-electron chi connectivity index (χ4n) is 2.08. The molecule has 1 fully saturated rings. The Kier molecular flexibility index (Phi) is 5.10. The van der Waals surface area contributed by atoms with E-state index in [0.717, 1.165) is 63.7 Å². The molecule has 2 heterocycles. The van der Waals surface area contributed by atoms with Crippen LogP contribution in [0, 0.1) is 0 Å². The highest BCUT2D eigenvalue weighted by atomic mass is 16.5. The molecule has 1 saturated heterocycles. The molecule has 0 radical (unpaired) electrons. The highest BCUT2D eigenvalue weighted by Gasteiger charge is 2.14. The van der Waals surface area contributed by atoms with Crippen LogP contribution in [-0.2, 0) is 12.8 Å². The van der Waals surface area contributed by atoms with Crippen molar-refractivity contribution in [3.63, 3.8) is 0 Å². The van der Waals surface area contributed by atoms with E-state index in [0.29, 0.717) is 6.54 Å². The number of likely N-dealkylation sites (N-methyl/N-ethyl adjacent to an activating group) is 1. The van der Waals surface area contributed by atoms with Gasteiger partial charge >= 0.3 is 0 Å². The number of nitrogens with zero attached hydrogens (tertiary/aromatic N) is 4. The first kappa shape index (κ1) is 13.5. The molecule has 0 saturated carbocycles. The van der Waals surface area contributed by atoms with E-state index in [9.17, 15) is 0 Å². The van der Waals surface area contributed by atoms with Crippen LogP contribution in [0.5, 0.6) is 0 Å². The van der Waals surface area contributed by atoms with Gasteiger partial charge in [-0.2, -0.15) is 4.98 Å². The number of nitrogens with two attached hydrogens (primary N) is 1. The van der Waals surface area contributed by atoms with Gasteiger partial charge in [-0.15, -0.1) is 0 Å². The van der Waals surface area contributed by atoms with Crippen molar-refractivity contribution in [2.24, 2.45) is 5.73 Å². The standard InChI is InChI=1S/C12H23N5O/c1-16-7-9-17(10-8-16)6-4-12-14-11(15-18-12)3-2-5-13/h2-10,13H2,1H3. The minimum atomic E-state index is 0.672. The Morgan fingerprint density at radius 3 is 2.72 bits per heavy atom. The van der Waals surface area contributed by atoms with Crippen molar-refractivity contribution >= 4 is 0 Å². The number of rotatable bonds is 6. The van der Waals surface area contributed by atoms with Crippen molar-refractivity contribution in [2.75, 3.05) is 46.3 Å². The summed E-state index contributed by atoms with van der Waals surface area (Å²) in [5, 5.41) is 3.96. The SMILES string of the molecule is CN1CCN(CCc2nc(CCCN)no2)CC1. The number of aromatic nitrogens is 2. The molecule has 0 atom stereocenters. The topological polar surface area (TPSA) is 71.4 Å². The molecule has 102 valence electrons. The van der Waals surface area contributed by atoms with E-state index in [-0.39, 0.29) is 0 Å². The fraction of sp³-hybridized carbons (Fsp3) is 0.833. The second kappa shape index (κ2) is 6.82. The molecule has 6 heteroatoms. The van der Waals surface area contributed by atoms with Crippen LogP contribution in [-0.4, -0.2) is 66.3 Å². The molecule has 1 aliphatic heterocycles. The molecule has 0 amide bonds. The van der Waals surface area contributed by atoms with Crippen molar-refractivity contribution in [1.29, 1.82) is 0 Å². The van der Waals surface area contributed by atoms with Crippen molar-refractivity contribution in [1.82, 2.24) is 19.9 Å². The molecule has 0 aromatic carbocycles. The molecule has 2 rings (SSSR count). The lowest BCUT2D eigenvalue weighted by Crippen LogP contribution is -2.45. The Bertz CT molecular complexity index is 346. The van der Waals surface area contributed by atoms with E-state index in [1.165, 1.54) is 0 Å². The Labute approximate surface area is 108 Å². The molecule has 0 bridgehead atoms. The van der Waals surface area contributed by atoms with Crippen LogP contribution >= 0.6 is 0 Å². The van der Waals surface area contributed by atoms with E-state index in [4.69, 9.17) is 10.3 Å². The fourth-order valence-corrected chi connectivity index (χ4v) is 2.08. The third-order valence-electron chi connectivity index (χ3n) is 3.35. The number of piperazine rings is 1. The van der Waals surface area contributed by atoms with E-state index in [1.807, 2.05) is 0 Å². The third kappa shape index (κ3) is 4.04. The smallest absolute Gasteiger partial charge is 0.227 e. The van der Waals surface area contributed by atoms with Gasteiger partial charge in [0.1, 0.15) is 0 Å². The summed E-state index contributed by atoms with van der Waals surface area (Å²) in [6.07, 6.45) is 2.57. The van der Waals surface area contributed by atoms with Crippen molar-refractivity contribution in [2.45, 2.75) is 19.3 Å². The maximum atomic E-state index is 5.45. The van der Waals surface area contributed by atoms with Gasteiger partial charge in [0, 0.05) is 45.6 Å². The van der Waals surface area contributed by atoms with Crippen molar-refractivity contribution in [3.05, 3.63) is 11.7 Å². The summed E-state index contributed by atoms with van der Waals surface area (Å²) >= 11 is 0. The van der Waals surface area contributed by atoms with Crippen LogP contribution in [0.15, 0.2) is 4.52 Å². The molecular formula is C12H23N5O. The van der Waals surface area contributed by atoms with E-state index < -0.39 is 0 Å². The number of hydrogen-bond donors (Lipinski definition) is 1. The minimum absolute atomic E-state index is 0.672. The molecule has 1 aromatic heterocycles. The molecule has 6 nitrogen and oxygen atoms in total. The zero-order valence-corrected chi connectivity index (χ0v) is 11.1. The Balaban J connectivity index is 1.71. The lowest BCUT2D eigenvalue weighted by atomic mass is 10.3. The summed E-state index contributed by atoms with van der Waals surface area (Å²) in [7, 11) is 2.17. The van der Waals surface area contributed by atoms with Crippen LogP contribution in [0.2, 0.25) is 0 Å². The molecule has 18 heavy (non-hydrogen) atoms.